The number of nitrogens with zero attached hydrogens (tertiary/aromatic N) is 3. The first-order valence-electron chi connectivity index (χ1n) is 10.6. The number of hydrogen-bond donors (Lipinski definition) is 3. The number of carbonyl (C=O) groups is 1. The van der Waals surface area contributed by atoms with E-state index in [1.807, 2.05) is 24.3 Å². The topological polar surface area (TPSA) is 105 Å². The zero-order valence-electron chi connectivity index (χ0n) is 18.1. The van der Waals surface area contributed by atoms with Crippen LogP contribution in [0.1, 0.15) is 21.5 Å². The fourth-order valence-electron chi connectivity index (χ4n) is 3.59. The molecular weight excluding hydrogens is 449 g/mol. The lowest BCUT2D eigenvalue weighted by atomic mass is 10.1. The van der Waals surface area contributed by atoms with Gasteiger partial charge in [0.1, 0.15) is 5.82 Å². The summed E-state index contributed by atoms with van der Waals surface area (Å²) in [4.78, 5) is 22.4. The third-order valence-electron chi connectivity index (χ3n) is 5.32. The minimum absolute atomic E-state index is 0.0113. The van der Waals surface area contributed by atoms with Crippen LogP contribution in [0.15, 0.2) is 54.7 Å². The first-order valence-corrected chi connectivity index (χ1v) is 10.6. The van der Waals surface area contributed by atoms with Crippen LogP contribution >= 0.6 is 0 Å². The lowest BCUT2D eigenvalue weighted by molar-refractivity contribution is -0.138. The molecular formula is C23H23F3N6O2. The molecule has 0 aliphatic carbocycles. The van der Waals surface area contributed by atoms with Crippen molar-refractivity contribution in [1.29, 1.82) is 0 Å². The van der Waals surface area contributed by atoms with Gasteiger partial charge >= 0.3 is 6.18 Å². The Kier molecular flexibility index (Phi) is 6.82. The molecule has 1 aromatic heterocycles. The smallest absolute Gasteiger partial charge is 0.378 e. The number of carbonyl (C=O) groups excluding carboxylic acids is 1. The van der Waals surface area contributed by atoms with Crippen molar-refractivity contribution in [3.63, 3.8) is 0 Å². The molecule has 34 heavy (non-hydrogen) atoms. The molecule has 1 aliphatic rings. The summed E-state index contributed by atoms with van der Waals surface area (Å²) in [7, 11) is 0. The Morgan fingerprint density at radius 2 is 1.79 bits per heavy atom. The Morgan fingerprint density at radius 1 is 1.09 bits per heavy atom. The van der Waals surface area contributed by atoms with Gasteiger partial charge in [-0.05, 0) is 35.9 Å². The second kappa shape index (κ2) is 9.96. The molecule has 0 spiro atoms. The van der Waals surface area contributed by atoms with Gasteiger partial charge in [-0.3, -0.25) is 4.79 Å². The number of benzene rings is 2. The fourth-order valence-corrected chi connectivity index (χ4v) is 3.59. The molecule has 0 radical (unpaired) electrons. The molecule has 178 valence electrons. The van der Waals surface area contributed by atoms with Crippen LogP contribution in [0.5, 0.6) is 0 Å². The van der Waals surface area contributed by atoms with E-state index >= 15 is 0 Å². The molecule has 4 rings (SSSR count). The van der Waals surface area contributed by atoms with Gasteiger partial charge in [0, 0.05) is 37.2 Å². The van der Waals surface area contributed by atoms with Gasteiger partial charge in [0.05, 0.1) is 24.3 Å². The average Bonchev–Trinajstić information content (AvgIpc) is 2.83. The number of alkyl halides is 3. The maximum atomic E-state index is 13.3. The lowest BCUT2D eigenvalue weighted by Crippen LogP contribution is -2.36. The number of halogens is 3. The molecule has 4 N–H and O–H groups in total. The van der Waals surface area contributed by atoms with Gasteiger partial charge in [-0.1, -0.05) is 18.2 Å². The Balaban J connectivity index is 1.51. The zero-order chi connectivity index (χ0) is 24.1. The molecule has 1 fully saturated rings. The maximum Gasteiger partial charge on any atom is 0.416 e. The number of primary amides is 1. The highest BCUT2D eigenvalue weighted by molar-refractivity contribution is 5.97. The molecule has 0 bridgehead atoms. The van der Waals surface area contributed by atoms with Crippen molar-refractivity contribution in [3.8, 4) is 0 Å². The van der Waals surface area contributed by atoms with Gasteiger partial charge in [0.15, 0.2) is 0 Å². The lowest BCUT2D eigenvalue weighted by Gasteiger charge is -2.28. The summed E-state index contributed by atoms with van der Waals surface area (Å²) in [5.74, 6) is -0.601. The molecule has 2 heterocycles. The van der Waals surface area contributed by atoms with Crippen molar-refractivity contribution in [3.05, 3.63) is 71.4 Å². The van der Waals surface area contributed by atoms with Crippen molar-refractivity contribution in [2.24, 2.45) is 5.73 Å². The number of anilines is 4. The molecule has 0 unspecified atom stereocenters. The summed E-state index contributed by atoms with van der Waals surface area (Å²) in [6.45, 7) is 2.79. The van der Waals surface area contributed by atoms with Crippen molar-refractivity contribution in [2.45, 2.75) is 12.7 Å². The number of ether oxygens (including phenoxy) is 1. The van der Waals surface area contributed by atoms with E-state index in [1.54, 1.807) is 0 Å². The Labute approximate surface area is 194 Å². The highest BCUT2D eigenvalue weighted by atomic mass is 19.4. The van der Waals surface area contributed by atoms with Gasteiger partial charge in [-0.15, -0.1) is 0 Å². The van der Waals surface area contributed by atoms with E-state index in [9.17, 15) is 18.0 Å². The molecule has 0 atom stereocenters. The number of nitrogens with two attached hydrogens (primary N) is 1. The summed E-state index contributed by atoms with van der Waals surface area (Å²) < 4.78 is 45.2. The van der Waals surface area contributed by atoms with Crippen molar-refractivity contribution >= 4 is 29.0 Å². The highest BCUT2D eigenvalue weighted by Gasteiger charge is 2.32. The quantitative estimate of drug-likeness (QED) is 0.481. The monoisotopic (exact) mass is 472 g/mol. The third-order valence-corrected chi connectivity index (χ3v) is 5.32. The molecule has 8 nitrogen and oxygen atoms in total. The van der Waals surface area contributed by atoms with Crippen molar-refractivity contribution < 1.29 is 22.7 Å². The van der Waals surface area contributed by atoms with Gasteiger partial charge in [0.2, 0.25) is 5.95 Å². The van der Waals surface area contributed by atoms with E-state index in [2.05, 4.69) is 25.5 Å². The van der Waals surface area contributed by atoms with Gasteiger partial charge in [0.25, 0.3) is 5.91 Å². The summed E-state index contributed by atoms with van der Waals surface area (Å²) >= 11 is 0. The molecule has 1 saturated heterocycles. The predicted octanol–water partition coefficient (Wildman–Crippen LogP) is 3.79. The van der Waals surface area contributed by atoms with Gasteiger partial charge in [-0.2, -0.15) is 18.2 Å². The van der Waals surface area contributed by atoms with Crippen LogP contribution in [-0.4, -0.2) is 42.2 Å². The Bertz CT molecular complexity index is 1150. The Morgan fingerprint density at radius 3 is 2.47 bits per heavy atom. The summed E-state index contributed by atoms with van der Waals surface area (Å²) in [6.07, 6.45) is -3.27. The van der Waals surface area contributed by atoms with Crippen LogP contribution in [0.2, 0.25) is 0 Å². The van der Waals surface area contributed by atoms with Gasteiger partial charge in [-0.25, -0.2) is 4.98 Å². The average molecular weight is 472 g/mol. The van der Waals surface area contributed by atoms with Crippen LogP contribution in [0.4, 0.5) is 36.3 Å². The predicted molar refractivity (Wildman–Crippen MR) is 122 cm³/mol. The maximum absolute atomic E-state index is 13.3. The molecule has 3 aromatic rings. The summed E-state index contributed by atoms with van der Waals surface area (Å²) in [5.41, 5.74) is 6.38. The molecule has 11 heteroatoms. The van der Waals surface area contributed by atoms with Crippen LogP contribution < -0.4 is 21.3 Å². The molecule has 1 amide bonds. The number of hydrogen-bond acceptors (Lipinski definition) is 7. The molecule has 2 aromatic carbocycles. The number of rotatable bonds is 7. The van der Waals surface area contributed by atoms with Crippen LogP contribution in [0.25, 0.3) is 0 Å². The summed E-state index contributed by atoms with van der Waals surface area (Å²) in [5, 5.41) is 5.83. The number of nitrogens with one attached hydrogen (secondary N) is 2. The minimum Gasteiger partial charge on any atom is -0.378 e. The fraction of sp³-hybridized carbons (Fsp3) is 0.261. The first kappa shape index (κ1) is 23.3. The van der Waals surface area contributed by atoms with E-state index in [0.29, 0.717) is 18.9 Å². The number of morpholine rings is 1. The zero-order valence-corrected chi connectivity index (χ0v) is 18.1. The van der Waals surface area contributed by atoms with Crippen molar-refractivity contribution in [1.82, 2.24) is 9.97 Å². The standard InChI is InChI=1S/C23H23F3N6O2/c24-23(25,26)19-4-2-1-3-15(19)13-28-21-18(20(27)33)14-29-22(31-21)30-16-5-7-17(8-6-16)32-9-11-34-12-10-32/h1-8,14H,9-13H2,(H2,27,33)(H2,28,29,30,31). The normalized spacial score (nSPS) is 14.0. The van der Waals surface area contributed by atoms with Crippen LogP contribution in [0, 0.1) is 0 Å². The van der Waals surface area contributed by atoms with E-state index in [4.69, 9.17) is 10.5 Å². The first-order chi connectivity index (χ1) is 16.3. The second-order valence-corrected chi connectivity index (χ2v) is 7.60. The van der Waals surface area contributed by atoms with Crippen LogP contribution in [0.3, 0.4) is 0 Å². The third kappa shape index (κ3) is 5.54. The summed E-state index contributed by atoms with van der Waals surface area (Å²) in [6, 6.07) is 12.8. The second-order valence-electron chi connectivity index (χ2n) is 7.60. The SMILES string of the molecule is NC(=O)c1cnc(Nc2ccc(N3CCOCC3)cc2)nc1NCc1ccccc1C(F)(F)F. The number of aromatic nitrogens is 2. The van der Waals surface area contributed by atoms with E-state index in [1.165, 1.54) is 24.4 Å². The van der Waals surface area contributed by atoms with E-state index in [0.717, 1.165) is 24.8 Å². The highest BCUT2D eigenvalue weighted by Crippen LogP contribution is 2.32. The van der Waals surface area contributed by atoms with Gasteiger partial charge < -0.3 is 26.0 Å². The van der Waals surface area contributed by atoms with Crippen LogP contribution in [-0.2, 0) is 17.5 Å². The van der Waals surface area contributed by atoms with E-state index in [-0.39, 0.29) is 29.4 Å². The minimum atomic E-state index is -4.50. The number of amides is 1. The molecule has 0 saturated carbocycles. The van der Waals surface area contributed by atoms with Crippen molar-refractivity contribution in [2.75, 3.05) is 41.8 Å². The Hall–Kier alpha value is -3.86. The molecule has 1 aliphatic heterocycles. The largest absolute Gasteiger partial charge is 0.416 e. The van der Waals surface area contributed by atoms with E-state index < -0.39 is 17.6 Å².